The van der Waals surface area contributed by atoms with Gasteiger partial charge < -0.3 is 42.4 Å². The van der Waals surface area contributed by atoms with Crippen LogP contribution in [0.2, 0.25) is 0 Å². The number of sulfonamides is 4. The van der Waals surface area contributed by atoms with E-state index >= 15 is 0 Å². The Morgan fingerprint density at radius 2 is 0.873 bits per heavy atom. The minimum absolute atomic E-state index is 0.0133. The van der Waals surface area contributed by atoms with E-state index in [0.29, 0.717) is 30.7 Å². The van der Waals surface area contributed by atoms with Crippen molar-refractivity contribution in [1.29, 1.82) is 0 Å². The minimum atomic E-state index is -6.72. The summed E-state index contributed by atoms with van der Waals surface area (Å²) in [6.07, 6.45) is 1.28. The summed E-state index contributed by atoms with van der Waals surface area (Å²) in [6, 6.07) is 0. The Bertz CT molecular complexity index is 1420. The van der Waals surface area contributed by atoms with Crippen LogP contribution in [0.1, 0.15) is 12.8 Å². The van der Waals surface area contributed by atoms with E-state index in [1.165, 1.54) is 30.4 Å². The molecule has 2 saturated heterocycles. The minimum Gasteiger partial charge on any atom is -0.421 e. The molecule has 4 N–H and O–H groups in total. The van der Waals surface area contributed by atoms with Crippen molar-refractivity contribution < 1.29 is 120 Å². The Balaban J connectivity index is 0. The molecular weight excluding hydrogens is 908 g/mol. The summed E-state index contributed by atoms with van der Waals surface area (Å²) < 4.78 is 225. The summed E-state index contributed by atoms with van der Waals surface area (Å²) in [5, 5.41) is 36.4. The molecule has 2 atom stereocenters. The van der Waals surface area contributed by atoms with E-state index in [9.17, 15) is 96.6 Å². The fraction of sp³-hybridized carbons (Fsp3) is 1.00. The number of alkyl halides is 13. The molecule has 2 aliphatic heterocycles. The van der Waals surface area contributed by atoms with Crippen LogP contribution in [0.4, 0.5) is 52.7 Å². The van der Waals surface area contributed by atoms with E-state index in [1.807, 2.05) is 0 Å². The Hall–Kier alpha value is -1.11. The second kappa shape index (κ2) is 21.2. The van der Waals surface area contributed by atoms with Gasteiger partial charge in [-0.1, -0.05) is 0 Å². The number of halogens is 13. The van der Waals surface area contributed by atoms with Crippen LogP contribution in [0.5, 0.6) is 0 Å². The number of hydrogen-bond acceptors (Lipinski definition) is 13. The van der Waals surface area contributed by atoms with Crippen molar-refractivity contribution in [2.75, 3.05) is 85.2 Å². The molecule has 0 aromatic rings. The maximum absolute atomic E-state index is 11.4. The van der Waals surface area contributed by atoms with Crippen LogP contribution in [0.15, 0.2) is 0 Å². The summed E-state index contributed by atoms with van der Waals surface area (Å²) in [5.41, 5.74) is -24.8. The van der Waals surface area contributed by atoms with E-state index in [1.54, 1.807) is 7.11 Å². The van der Waals surface area contributed by atoms with Gasteiger partial charge in [0.25, 0.3) is 0 Å². The predicted molar refractivity (Wildman–Crippen MR) is 164 cm³/mol. The van der Waals surface area contributed by atoms with Gasteiger partial charge in [-0.3, -0.25) is 0 Å². The summed E-state index contributed by atoms with van der Waals surface area (Å²) in [4.78, 5) is 0. The van der Waals surface area contributed by atoms with Crippen LogP contribution in [-0.4, -0.2) is 182 Å². The third-order valence-electron chi connectivity index (χ3n) is 7.15. The van der Waals surface area contributed by atoms with Crippen molar-refractivity contribution in [3.05, 3.63) is 8.25 Å². The van der Waals surface area contributed by atoms with Gasteiger partial charge in [-0.2, -0.15) is 52.7 Å². The first-order valence-electron chi connectivity index (χ1n) is 14.4. The van der Waals surface area contributed by atoms with Gasteiger partial charge in [0, 0.05) is 20.0 Å². The SMILES string of the molecule is COCC[N+]1(CCCl)CCCC1.O=S(=O)([N-]S(=O)(=O)C(F)(F)F)C(F)(F)F.O=S(=O)([N-]S(=O)(=O)C(F)(F)F)C(F)(F)F.OCC[N+]1(CCO)CC(O)C(O)C1. The number of ether oxygens (including phenoxy) is 1. The normalized spacial score (nSPS) is 20.7. The lowest BCUT2D eigenvalue weighted by Gasteiger charge is -2.33. The number of nitrogens with zero attached hydrogens (tertiary/aromatic N) is 4. The zero-order chi connectivity index (χ0) is 44.2. The van der Waals surface area contributed by atoms with Gasteiger partial charge in [-0.25, -0.2) is 33.7 Å². The topological polar surface area (TPSA) is 255 Å². The number of rotatable bonds is 13. The van der Waals surface area contributed by atoms with Crippen LogP contribution < -0.4 is 0 Å². The first-order chi connectivity index (χ1) is 24.4. The number of hydrogen-bond donors (Lipinski definition) is 4. The van der Waals surface area contributed by atoms with E-state index < -0.39 is 74.3 Å². The molecule has 17 nitrogen and oxygen atoms in total. The van der Waals surface area contributed by atoms with Crippen LogP contribution in [0, 0.1) is 0 Å². The molecule has 0 bridgehead atoms. The smallest absolute Gasteiger partial charge is 0.421 e. The summed E-state index contributed by atoms with van der Waals surface area (Å²) >= 11 is 5.79. The number of aliphatic hydroxyl groups is 4. The molecule has 0 aromatic heterocycles. The summed E-state index contributed by atoms with van der Waals surface area (Å²) in [6.45, 7) is 7.56. The predicted octanol–water partition coefficient (Wildman–Crippen LogP) is 1.12. The van der Waals surface area contributed by atoms with E-state index in [4.69, 9.17) is 26.6 Å². The van der Waals surface area contributed by atoms with Crippen LogP contribution in [0.25, 0.3) is 8.25 Å². The van der Waals surface area contributed by atoms with Gasteiger partial charge in [0.15, 0.2) is 40.1 Å². The molecule has 2 heterocycles. The van der Waals surface area contributed by atoms with Crippen molar-refractivity contribution >= 4 is 51.7 Å². The molecule has 2 unspecified atom stereocenters. The van der Waals surface area contributed by atoms with Crippen LogP contribution >= 0.6 is 11.6 Å². The molecule has 0 amide bonds. The molecule has 2 aliphatic rings. The quantitative estimate of drug-likeness (QED) is 0.115. The number of aliphatic hydroxyl groups excluding tert-OH is 4. The van der Waals surface area contributed by atoms with E-state index in [0.717, 1.165) is 33.8 Å². The number of quaternary nitrogens is 2. The Morgan fingerprint density at radius 3 is 1.09 bits per heavy atom. The van der Waals surface area contributed by atoms with Gasteiger partial charge in [0.05, 0.1) is 45.3 Å². The molecule has 0 saturated carbocycles. The molecule has 334 valence electrons. The van der Waals surface area contributed by atoms with Gasteiger partial charge in [-0.15, -0.1) is 11.6 Å². The highest BCUT2D eigenvalue weighted by Crippen LogP contribution is 2.37. The highest BCUT2D eigenvalue weighted by Gasteiger charge is 2.48. The molecule has 34 heteroatoms. The Labute approximate surface area is 312 Å². The lowest BCUT2D eigenvalue weighted by atomic mass is 10.3. The highest BCUT2D eigenvalue weighted by molar-refractivity contribution is 8.13. The molecular formula is C21H37ClF12N4O13S4. The van der Waals surface area contributed by atoms with Crippen molar-refractivity contribution in [1.82, 2.24) is 0 Å². The summed E-state index contributed by atoms with van der Waals surface area (Å²) in [5.74, 6) is 0.781. The highest BCUT2D eigenvalue weighted by atomic mass is 35.5. The molecule has 0 radical (unpaired) electrons. The maximum atomic E-state index is 11.4. The monoisotopic (exact) mass is 944 g/mol. The van der Waals surface area contributed by atoms with Crippen molar-refractivity contribution in [2.24, 2.45) is 0 Å². The Morgan fingerprint density at radius 1 is 0.582 bits per heavy atom. The lowest BCUT2D eigenvalue weighted by Crippen LogP contribution is -2.50. The van der Waals surface area contributed by atoms with E-state index in [-0.39, 0.29) is 13.2 Å². The largest absolute Gasteiger partial charge is 0.480 e. The molecule has 2 rings (SSSR count). The average Bonchev–Trinajstić information content (AvgIpc) is 3.53. The molecule has 0 aliphatic carbocycles. The standard InChI is InChI=1S/C9H19ClNO.C8H18NO4.2C2F6NO4S2/c1-12-9-8-11(7-4-10)5-2-3-6-11;10-3-1-9(2-4-11)5-7(12)8(13)6-9;2*3-1(4,5)14(10,11)9-15(12,13)2(6,7)8/h2-9H2,1H3;7-8,10-13H,1-6H2;;/q2*+1;2*-1. The first kappa shape index (κ1) is 56.0. The second-order valence-electron chi connectivity index (χ2n) is 11.2. The molecule has 55 heavy (non-hydrogen) atoms. The van der Waals surface area contributed by atoms with Gasteiger partial charge in [0.2, 0.25) is 0 Å². The zero-order valence-electron chi connectivity index (χ0n) is 27.9. The Kier molecular flexibility index (Phi) is 21.6. The number of methoxy groups -OCH3 is 1. The van der Waals surface area contributed by atoms with Gasteiger partial charge in [0.1, 0.15) is 44.9 Å². The van der Waals surface area contributed by atoms with Gasteiger partial charge in [-0.05, 0) is 0 Å². The fourth-order valence-electron chi connectivity index (χ4n) is 4.47. The maximum Gasteiger partial charge on any atom is 0.480 e. The van der Waals surface area contributed by atoms with Gasteiger partial charge >= 0.3 is 22.0 Å². The molecule has 2 fully saturated rings. The van der Waals surface area contributed by atoms with Crippen molar-refractivity contribution in [2.45, 2.75) is 47.1 Å². The lowest BCUT2D eigenvalue weighted by molar-refractivity contribution is -0.919. The molecule has 0 spiro atoms. The zero-order valence-corrected chi connectivity index (χ0v) is 31.9. The second-order valence-corrected chi connectivity index (χ2v) is 18.4. The van der Waals surface area contributed by atoms with Crippen molar-refractivity contribution in [3.8, 4) is 0 Å². The summed E-state index contributed by atoms with van der Waals surface area (Å²) in [7, 11) is -25.1. The van der Waals surface area contributed by atoms with Crippen LogP contribution in [0.3, 0.4) is 0 Å². The third kappa shape index (κ3) is 18.1. The van der Waals surface area contributed by atoms with Crippen LogP contribution in [-0.2, 0) is 44.8 Å². The average molecular weight is 945 g/mol. The van der Waals surface area contributed by atoms with E-state index in [2.05, 4.69) is 0 Å². The van der Waals surface area contributed by atoms with Crippen molar-refractivity contribution in [3.63, 3.8) is 0 Å². The number of likely N-dealkylation sites (tertiary alicyclic amines) is 2. The third-order valence-corrected chi connectivity index (χ3v) is 12.8. The molecule has 0 aromatic carbocycles. The first-order valence-corrected chi connectivity index (χ1v) is 20.7. The fourth-order valence-corrected chi connectivity index (χ4v) is 8.25.